The number of fused-ring (bicyclic) bond motifs is 1. The van der Waals surface area contributed by atoms with Gasteiger partial charge in [0.25, 0.3) is 0 Å². The molecule has 9 heteroatoms. The average Bonchev–Trinajstić information content (AvgIpc) is 2.93. The Morgan fingerprint density at radius 3 is 2.67 bits per heavy atom. The highest BCUT2D eigenvalue weighted by molar-refractivity contribution is 8.23. The van der Waals surface area contributed by atoms with Crippen molar-refractivity contribution < 1.29 is 19.4 Å². The molecule has 0 aliphatic heterocycles. The Labute approximate surface area is 167 Å². The summed E-state index contributed by atoms with van der Waals surface area (Å²) in [7, 11) is 0. The Bertz CT molecular complexity index is 871. The Morgan fingerprint density at radius 2 is 2.07 bits per heavy atom. The second kappa shape index (κ2) is 8.71. The number of thiocarbonyl (C=S) groups is 1. The molecule has 0 aliphatic carbocycles. The van der Waals surface area contributed by atoms with E-state index >= 15 is 0 Å². The summed E-state index contributed by atoms with van der Waals surface area (Å²) in [5.74, 6) is 0.143. The minimum Gasteiger partial charge on any atom is -0.481 e. The van der Waals surface area contributed by atoms with Crippen molar-refractivity contribution in [1.82, 2.24) is 9.55 Å². The second-order valence-corrected chi connectivity index (χ2v) is 8.60. The Hall–Kier alpha value is -2.13. The molecule has 27 heavy (non-hydrogen) atoms. The number of benzene rings is 1. The number of carboxylic acid groups (broad SMARTS) is 1. The van der Waals surface area contributed by atoms with Crippen molar-refractivity contribution in [3.8, 4) is 0 Å². The van der Waals surface area contributed by atoms with Gasteiger partial charge in [-0.25, -0.2) is 14.3 Å². The lowest BCUT2D eigenvalue weighted by Gasteiger charge is -2.18. The first-order valence-electron chi connectivity index (χ1n) is 8.49. The molecule has 0 aliphatic rings. The van der Waals surface area contributed by atoms with Crippen LogP contribution in [-0.2, 0) is 14.9 Å². The van der Waals surface area contributed by atoms with Gasteiger partial charge in [-0.1, -0.05) is 44.8 Å². The number of nitrogens with zero attached hydrogens (tertiary/aromatic N) is 2. The summed E-state index contributed by atoms with van der Waals surface area (Å²) in [5.41, 5.74) is 1.66. The molecule has 7 nitrogen and oxygen atoms in total. The lowest BCUT2D eigenvalue weighted by atomic mass is 9.96. The lowest BCUT2D eigenvalue weighted by Crippen LogP contribution is -2.24. The van der Waals surface area contributed by atoms with Gasteiger partial charge in [-0.05, 0) is 25.1 Å². The van der Waals surface area contributed by atoms with Crippen molar-refractivity contribution >= 4 is 57.1 Å². The van der Waals surface area contributed by atoms with Gasteiger partial charge >= 0.3 is 12.1 Å². The third kappa shape index (κ3) is 5.43. The lowest BCUT2D eigenvalue weighted by molar-refractivity contribution is -0.136. The molecule has 0 amide bonds. The number of anilines is 1. The van der Waals surface area contributed by atoms with Crippen LogP contribution in [0, 0.1) is 0 Å². The smallest absolute Gasteiger partial charge is 0.419 e. The number of aromatic nitrogens is 2. The molecule has 1 aromatic carbocycles. The van der Waals surface area contributed by atoms with E-state index in [4.69, 9.17) is 22.1 Å². The first-order valence-corrected chi connectivity index (χ1v) is 9.88. The van der Waals surface area contributed by atoms with Gasteiger partial charge in [0.2, 0.25) is 0 Å². The van der Waals surface area contributed by atoms with Gasteiger partial charge in [0.05, 0.1) is 24.1 Å². The van der Waals surface area contributed by atoms with Gasteiger partial charge < -0.3 is 15.2 Å². The SMILES string of the molecule is CCOC(=O)n1c(C(C)(C)C)nc2ccc(NC(=S)SCCC(=O)O)cc21. The predicted molar refractivity (Wildman–Crippen MR) is 112 cm³/mol. The number of carboxylic acids is 1. The summed E-state index contributed by atoms with van der Waals surface area (Å²) >= 11 is 6.50. The van der Waals surface area contributed by atoms with Crippen LogP contribution in [0.25, 0.3) is 11.0 Å². The Balaban J connectivity index is 2.34. The number of carbonyl (C=O) groups excluding carboxylic acids is 1. The fraction of sp³-hybridized carbons (Fsp3) is 0.444. The molecule has 0 saturated heterocycles. The van der Waals surface area contributed by atoms with E-state index in [2.05, 4.69) is 10.3 Å². The number of thioether (sulfide) groups is 1. The van der Waals surface area contributed by atoms with Gasteiger partial charge in [-0.3, -0.25) is 4.79 Å². The van der Waals surface area contributed by atoms with Gasteiger partial charge in [0.1, 0.15) is 10.1 Å². The summed E-state index contributed by atoms with van der Waals surface area (Å²) in [6.07, 6.45) is -0.434. The zero-order valence-electron chi connectivity index (χ0n) is 15.7. The number of rotatable bonds is 5. The highest BCUT2D eigenvalue weighted by Gasteiger charge is 2.27. The van der Waals surface area contributed by atoms with Crippen LogP contribution < -0.4 is 5.32 Å². The molecule has 2 N–H and O–H groups in total. The van der Waals surface area contributed by atoms with Crippen LogP contribution in [0.3, 0.4) is 0 Å². The molecule has 0 fully saturated rings. The molecular weight excluding hydrogens is 386 g/mol. The van der Waals surface area contributed by atoms with Crippen molar-refractivity contribution in [3.05, 3.63) is 24.0 Å². The monoisotopic (exact) mass is 409 g/mol. The topological polar surface area (TPSA) is 93.5 Å². The second-order valence-electron chi connectivity index (χ2n) is 6.83. The summed E-state index contributed by atoms with van der Waals surface area (Å²) in [5, 5.41) is 11.8. The molecule has 0 unspecified atom stereocenters. The highest BCUT2D eigenvalue weighted by Crippen LogP contribution is 2.28. The summed E-state index contributed by atoms with van der Waals surface area (Å²) < 4.78 is 7.16. The van der Waals surface area contributed by atoms with E-state index in [1.807, 2.05) is 32.9 Å². The van der Waals surface area contributed by atoms with Crippen LogP contribution in [0.4, 0.5) is 10.5 Å². The minimum absolute atomic E-state index is 0.0378. The molecule has 1 heterocycles. The summed E-state index contributed by atoms with van der Waals surface area (Å²) in [4.78, 5) is 27.7. The normalized spacial score (nSPS) is 11.4. The maximum Gasteiger partial charge on any atom is 0.419 e. The van der Waals surface area contributed by atoms with Crippen molar-refractivity contribution in [1.29, 1.82) is 0 Å². The number of ether oxygens (including phenoxy) is 1. The van der Waals surface area contributed by atoms with E-state index in [0.29, 0.717) is 32.6 Å². The highest BCUT2D eigenvalue weighted by atomic mass is 32.2. The van der Waals surface area contributed by atoms with Crippen molar-refractivity contribution in [2.45, 2.75) is 39.5 Å². The zero-order valence-corrected chi connectivity index (χ0v) is 17.4. The number of carbonyl (C=O) groups is 2. The molecule has 0 saturated carbocycles. The number of nitrogens with one attached hydrogen (secondary N) is 1. The number of hydrogen-bond donors (Lipinski definition) is 2. The largest absolute Gasteiger partial charge is 0.481 e. The van der Waals surface area contributed by atoms with Crippen molar-refractivity contribution in [3.63, 3.8) is 0 Å². The third-order valence-electron chi connectivity index (χ3n) is 3.57. The van der Waals surface area contributed by atoms with Crippen molar-refractivity contribution in [2.24, 2.45) is 0 Å². The van der Waals surface area contributed by atoms with Gasteiger partial charge in [0.15, 0.2) is 0 Å². The molecule has 0 atom stereocenters. The van der Waals surface area contributed by atoms with Crippen LogP contribution in [0.15, 0.2) is 18.2 Å². The molecule has 0 bridgehead atoms. The van der Waals surface area contributed by atoms with Crippen molar-refractivity contribution in [2.75, 3.05) is 17.7 Å². The summed E-state index contributed by atoms with van der Waals surface area (Å²) in [6.45, 7) is 7.98. The minimum atomic E-state index is -0.861. The molecule has 1 aromatic heterocycles. The van der Waals surface area contributed by atoms with Crippen LogP contribution in [0.1, 0.15) is 39.9 Å². The first-order chi connectivity index (χ1) is 12.6. The number of hydrogen-bond acceptors (Lipinski definition) is 6. The quantitative estimate of drug-likeness (QED) is 0.708. The molecule has 2 aromatic rings. The number of aliphatic carboxylic acids is 1. The molecule has 2 rings (SSSR count). The van der Waals surface area contributed by atoms with E-state index in [0.717, 1.165) is 0 Å². The van der Waals surface area contributed by atoms with E-state index in [-0.39, 0.29) is 18.4 Å². The van der Waals surface area contributed by atoms with Gasteiger partial charge in [-0.15, -0.1) is 0 Å². The van der Waals surface area contributed by atoms with Crippen LogP contribution in [-0.4, -0.2) is 43.4 Å². The first kappa shape index (κ1) is 21.2. The van der Waals surface area contributed by atoms with E-state index in [1.54, 1.807) is 13.0 Å². The van der Waals surface area contributed by atoms with Crippen LogP contribution in [0.2, 0.25) is 0 Å². The van der Waals surface area contributed by atoms with E-state index in [9.17, 15) is 9.59 Å². The molecule has 0 spiro atoms. The Kier molecular flexibility index (Phi) is 6.83. The molecular formula is C18H23N3O4S2. The van der Waals surface area contributed by atoms with Gasteiger partial charge in [0, 0.05) is 16.9 Å². The Morgan fingerprint density at radius 1 is 1.37 bits per heavy atom. The zero-order chi connectivity index (χ0) is 20.2. The number of imidazole rings is 1. The van der Waals surface area contributed by atoms with Crippen LogP contribution >= 0.6 is 24.0 Å². The fourth-order valence-corrected chi connectivity index (χ4v) is 3.43. The van der Waals surface area contributed by atoms with E-state index in [1.165, 1.54) is 16.3 Å². The fourth-order valence-electron chi connectivity index (χ4n) is 2.41. The van der Waals surface area contributed by atoms with E-state index < -0.39 is 12.1 Å². The van der Waals surface area contributed by atoms with Gasteiger partial charge in [-0.2, -0.15) is 0 Å². The molecule has 0 radical (unpaired) electrons. The standard InChI is InChI=1S/C18H23N3O4S2/c1-5-25-17(24)21-13-10-11(19-16(26)27-9-8-14(22)23)6-7-12(13)20-15(21)18(2,3)4/h6-7,10H,5,8-9H2,1-4H3,(H,19,26)(H,22,23). The van der Waals surface area contributed by atoms with Crippen LogP contribution in [0.5, 0.6) is 0 Å². The molecule has 146 valence electrons. The maximum absolute atomic E-state index is 12.5. The maximum atomic E-state index is 12.5. The summed E-state index contributed by atoms with van der Waals surface area (Å²) in [6, 6.07) is 5.42. The average molecular weight is 410 g/mol. The predicted octanol–water partition coefficient (Wildman–Crippen LogP) is 4.24. The third-order valence-corrected chi connectivity index (χ3v) is 4.80.